The average Bonchev–Trinajstić information content (AvgIpc) is 2.38. The fraction of sp³-hybridized carbons (Fsp3) is 0.143. The monoisotopic (exact) mass is 229 g/mol. The van der Waals surface area contributed by atoms with E-state index in [1.165, 1.54) is 0 Å². The Morgan fingerprint density at radius 3 is 2.47 bits per heavy atom. The van der Waals surface area contributed by atoms with Gasteiger partial charge in [-0.15, -0.1) is 0 Å². The molecule has 0 radical (unpaired) electrons. The maximum atomic E-state index is 9.01. The van der Waals surface area contributed by atoms with E-state index in [2.05, 4.69) is 0 Å². The zero-order valence-electron chi connectivity index (χ0n) is 9.47. The summed E-state index contributed by atoms with van der Waals surface area (Å²) in [6, 6.07) is 15.0. The van der Waals surface area contributed by atoms with Gasteiger partial charge in [-0.2, -0.15) is 0 Å². The summed E-state index contributed by atoms with van der Waals surface area (Å²) < 4.78 is 5.62. The van der Waals surface area contributed by atoms with E-state index in [0.29, 0.717) is 6.61 Å². The van der Waals surface area contributed by atoms with Gasteiger partial charge in [0.1, 0.15) is 12.4 Å². The predicted octanol–water partition coefficient (Wildman–Crippen LogP) is 2.34. The number of aliphatic hydroxyl groups is 1. The summed E-state index contributed by atoms with van der Waals surface area (Å²) in [5.74, 6) is 0.758. The molecule has 88 valence electrons. The van der Waals surface area contributed by atoms with Gasteiger partial charge in [-0.3, -0.25) is 0 Å². The molecule has 0 aliphatic carbocycles. The maximum Gasteiger partial charge on any atom is 0.120 e. The van der Waals surface area contributed by atoms with Crippen molar-refractivity contribution < 1.29 is 9.84 Å². The van der Waals surface area contributed by atoms with Crippen LogP contribution in [0, 0.1) is 0 Å². The van der Waals surface area contributed by atoms with Crippen LogP contribution >= 0.6 is 0 Å². The molecule has 0 saturated heterocycles. The number of ether oxygens (including phenoxy) is 1. The Morgan fingerprint density at radius 1 is 1.00 bits per heavy atom. The first kappa shape index (κ1) is 11.5. The zero-order chi connectivity index (χ0) is 12.1. The summed E-state index contributed by atoms with van der Waals surface area (Å²) in [7, 11) is 0. The smallest absolute Gasteiger partial charge is 0.120 e. The highest BCUT2D eigenvalue weighted by Crippen LogP contribution is 2.15. The van der Waals surface area contributed by atoms with E-state index >= 15 is 0 Å². The van der Waals surface area contributed by atoms with Crippen molar-refractivity contribution in [2.75, 3.05) is 5.73 Å². The highest BCUT2D eigenvalue weighted by Gasteiger charge is 1.97. The minimum atomic E-state index is 0.0269. The van der Waals surface area contributed by atoms with Crippen molar-refractivity contribution >= 4 is 5.69 Å². The van der Waals surface area contributed by atoms with E-state index in [0.717, 1.165) is 22.6 Å². The van der Waals surface area contributed by atoms with Crippen LogP contribution in [0.15, 0.2) is 48.5 Å². The number of nitrogen functional groups attached to an aromatic ring is 1. The second-order valence-electron chi connectivity index (χ2n) is 3.84. The number of rotatable bonds is 4. The average molecular weight is 229 g/mol. The molecule has 3 nitrogen and oxygen atoms in total. The molecule has 17 heavy (non-hydrogen) atoms. The summed E-state index contributed by atoms with van der Waals surface area (Å²) in [5, 5.41) is 9.01. The Labute approximate surface area is 100 Å². The van der Waals surface area contributed by atoms with Crippen LogP contribution in [0.1, 0.15) is 11.1 Å². The zero-order valence-corrected chi connectivity index (χ0v) is 9.47. The van der Waals surface area contributed by atoms with Crippen molar-refractivity contribution in [3.05, 3.63) is 59.7 Å². The third kappa shape index (κ3) is 3.23. The Bertz CT molecular complexity index is 480. The van der Waals surface area contributed by atoms with E-state index < -0.39 is 0 Å². The van der Waals surface area contributed by atoms with E-state index in [1.807, 2.05) is 48.5 Å². The summed E-state index contributed by atoms with van der Waals surface area (Å²) >= 11 is 0. The second-order valence-corrected chi connectivity index (χ2v) is 3.84. The number of hydrogen-bond donors (Lipinski definition) is 2. The minimum Gasteiger partial charge on any atom is -0.489 e. The lowest BCUT2D eigenvalue weighted by atomic mass is 10.2. The highest BCUT2D eigenvalue weighted by molar-refractivity contribution is 5.39. The molecule has 2 aromatic carbocycles. The van der Waals surface area contributed by atoms with Crippen LogP contribution in [-0.2, 0) is 13.2 Å². The van der Waals surface area contributed by atoms with Crippen molar-refractivity contribution in [2.24, 2.45) is 0 Å². The Balaban J connectivity index is 1.99. The Hall–Kier alpha value is -2.00. The van der Waals surface area contributed by atoms with Gasteiger partial charge in [-0.1, -0.05) is 24.3 Å². The molecule has 0 bridgehead atoms. The summed E-state index contributed by atoms with van der Waals surface area (Å²) in [6.45, 7) is 0.522. The molecule has 0 amide bonds. The number of anilines is 1. The Kier molecular flexibility index (Phi) is 3.62. The molecule has 3 N–H and O–H groups in total. The molecule has 0 atom stereocenters. The normalized spacial score (nSPS) is 10.2. The van der Waals surface area contributed by atoms with Gasteiger partial charge in [-0.25, -0.2) is 0 Å². The van der Waals surface area contributed by atoms with Gasteiger partial charge < -0.3 is 15.6 Å². The van der Waals surface area contributed by atoms with E-state index in [-0.39, 0.29) is 6.61 Å². The summed E-state index contributed by atoms with van der Waals surface area (Å²) in [6.07, 6.45) is 0. The molecule has 0 saturated carbocycles. The molecular formula is C14H15NO2. The van der Waals surface area contributed by atoms with Crippen LogP contribution in [0.25, 0.3) is 0 Å². The fourth-order valence-corrected chi connectivity index (χ4v) is 1.51. The maximum absolute atomic E-state index is 9.01. The van der Waals surface area contributed by atoms with E-state index in [1.54, 1.807) is 0 Å². The predicted molar refractivity (Wildman–Crippen MR) is 67.6 cm³/mol. The van der Waals surface area contributed by atoms with Crippen LogP contribution < -0.4 is 10.5 Å². The lowest BCUT2D eigenvalue weighted by Gasteiger charge is -2.07. The van der Waals surface area contributed by atoms with Crippen LogP contribution in [0.2, 0.25) is 0 Å². The standard InChI is InChI=1S/C14H15NO2/c15-13-6-4-11(5-7-13)10-17-14-3-1-2-12(8-14)9-16/h1-8,16H,9-10,15H2. The third-order valence-electron chi connectivity index (χ3n) is 2.47. The fourth-order valence-electron chi connectivity index (χ4n) is 1.51. The van der Waals surface area contributed by atoms with E-state index in [4.69, 9.17) is 15.6 Å². The van der Waals surface area contributed by atoms with Gasteiger partial charge in [-0.05, 0) is 35.4 Å². The van der Waals surface area contributed by atoms with Crippen LogP contribution in [0.3, 0.4) is 0 Å². The molecule has 0 spiro atoms. The largest absolute Gasteiger partial charge is 0.489 e. The molecule has 2 rings (SSSR count). The lowest BCUT2D eigenvalue weighted by Crippen LogP contribution is -1.96. The topological polar surface area (TPSA) is 55.5 Å². The Morgan fingerprint density at radius 2 is 1.76 bits per heavy atom. The van der Waals surface area contributed by atoms with Gasteiger partial charge in [0.25, 0.3) is 0 Å². The number of benzene rings is 2. The van der Waals surface area contributed by atoms with Crippen LogP contribution in [0.5, 0.6) is 5.75 Å². The lowest BCUT2D eigenvalue weighted by molar-refractivity contribution is 0.278. The molecule has 0 fully saturated rings. The first-order chi connectivity index (χ1) is 8.28. The van der Waals surface area contributed by atoms with Crippen LogP contribution in [0.4, 0.5) is 5.69 Å². The molecule has 0 heterocycles. The highest BCUT2D eigenvalue weighted by atomic mass is 16.5. The molecule has 3 heteroatoms. The minimum absolute atomic E-state index is 0.0269. The first-order valence-electron chi connectivity index (χ1n) is 5.45. The number of aliphatic hydroxyl groups excluding tert-OH is 1. The van der Waals surface area contributed by atoms with Gasteiger partial charge in [0.15, 0.2) is 0 Å². The third-order valence-corrected chi connectivity index (χ3v) is 2.47. The molecule has 2 aromatic rings. The number of hydrogen-bond acceptors (Lipinski definition) is 3. The summed E-state index contributed by atoms with van der Waals surface area (Å²) in [4.78, 5) is 0. The second kappa shape index (κ2) is 5.37. The molecule has 0 aliphatic rings. The van der Waals surface area contributed by atoms with Gasteiger partial charge in [0, 0.05) is 5.69 Å². The molecular weight excluding hydrogens is 214 g/mol. The molecule has 0 aliphatic heterocycles. The quantitative estimate of drug-likeness (QED) is 0.791. The van der Waals surface area contributed by atoms with E-state index in [9.17, 15) is 0 Å². The van der Waals surface area contributed by atoms with Gasteiger partial charge in [0.2, 0.25) is 0 Å². The van der Waals surface area contributed by atoms with Crippen molar-refractivity contribution in [3.8, 4) is 5.75 Å². The first-order valence-corrected chi connectivity index (χ1v) is 5.45. The van der Waals surface area contributed by atoms with Crippen molar-refractivity contribution in [1.29, 1.82) is 0 Å². The summed E-state index contributed by atoms with van der Waals surface area (Å²) in [5.41, 5.74) is 8.26. The van der Waals surface area contributed by atoms with Gasteiger partial charge in [0.05, 0.1) is 6.61 Å². The SMILES string of the molecule is Nc1ccc(COc2cccc(CO)c2)cc1. The molecule has 0 unspecified atom stereocenters. The van der Waals surface area contributed by atoms with Crippen molar-refractivity contribution in [1.82, 2.24) is 0 Å². The van der Waals surface area contributed by atoms with Crippen LogP contribution in [-0.4, -0.2) is 5.11 Å². The van der Waals surface area contributed by atoms with Crippen molar-refractivity contribution in [3.63, 3.8) is 0 Å². The molecule has 0 aromatic heterocycles. The number of nitrogens with two attached hydrogens (primary N) is 1. The van der Waals surface area contributed by atoms with Gasteiger partial charge >= 0.3 is 0 Å². The van der Waals surface area contributed by atoms with Crippen molar-refractivity contribution in [2.45, 2.75) is 13.2 Å².